The molecular formula is C26H26O6. The molecule has 6 nitrogen and oxygen atoms in total. The Morgan fingerprint density at radius 2 is 1.19 bits per heavy atom. The van der Waals surface area contributed by atoms with Crippen LogP contribution in [0.5, 0.6) is 17.2 Å². The molecule has 0 spiro atoms. The Hall–Kier alpha value is -3.80. The molecule has 0 heterocycles. The van der Waals surface area contributed by atoms with Gasteiger partial charge in [0.25, 0.3) is 0 Å². The van der Waals surface area contributed by atoms with Gasteiger partial charge in [-0.2, -0.15) is 0 Å². The summed E-state index contributed by atoms with van der Waals surface area (Å²) in [7, 11) is 4.15. The zero-order valence-electron chi connectivity index (χ0n) is 18.8. The van der Waals surface area contributed by atoms with E-state index in [0.717, 1.165) is 16.9 Å². The van der Waals surface area contributed by atoms with Crippen molar-refractivity contribution in [1.82, 2.24) is 0 Å². The summed E-state index contributed by atoms with van der Waals surface area (Å²) in [5.41, 5.74) is 2.02. The van der Waals surface area contributed by atoms with Crippen molar-refractivity contribution in [3.8, 4) is 17.2 Å². The monoisotopic (exact) mass is 434 g/mol. The van der Waals surface area contributed by atoms with Crippen molar-refractivity contribution in [2.75, 3.05) is 21.3 Å². The molecule has 0 saturated carbocycles. The van der Waals surface area contributed by atoms with E-state index in [4.69, 9.17) is 18.9 Å². The molecule has 0 aliphatic heterocycles. The average Bonchev–Trinajstić information content (AvgIpc) is 2.83. The lowest BCUT2D eigenvalue weighted by molar-refractivity contribution is 0.0555. The number of hydrogen-bond acceptors (Lipinski definition) is 6. The van der Waals surface area contributed by atoms with E-state index in [-0.39, 0.29) is 16.5 Å². The van der Waals surface area contributed by atoms with E-state index >= 15 is 0 Å². The van der Waals surface area contributed by atoms with Crippen molar-refractivity contribution in [3.63, 3.8) is 0 Å². The van der Waals surface area contributed by atoms with Gasteiger partial charge in [0, 0.05) is 5.41 Å². The van der Waals surface area contributed by atoms with Crippen LogP contribution < -0.4 is 9.47 Å². The maximum atomic E-state index is 12.2. The van der Waals surface area contributed by atoms with Crippen LogP contribution in [0.15, 0.2) is 66.7 Å². The molecule has 6 heteroatoms. The van der Waals surface area contributed by atoms with Gasteiger partial charge in [-0.15, -0.1) is 0 Å². The van der Waals surface area contributed by atoms with Gasteiger partial charge in [0.2, 0.25) is 0 Å². The molecule has 3 aromatic carbocycles. The average molecular weight is 434 g/mol. The van der Waals surface area contributed by atoms with Crippen molar-refractivity contribution in [2.45, 2.75) is 19.3 Å². The van der Waals surface area contributed by atoms with Gasteiger partial charge in [-0.3, -0.25) is 0 Å². The van der Waals surface area contributed by atoms with Crippen LogP contribution in [0, 0.1) is 0 Å². The molecule has 0 amide bonds. The zero-order chi connectivity index (χ0) is 23.3. The summed E-state index contributed by atoms with van der Waals surface area (Å²) >= 11 is 0. The number of carbonyl (C=O) groups excluding carboxylic acids is 2. The second kappa shape index (κ2) is 9.56. The molecule has 32 heavy (non-hydrogen) atoms. The van der Waals surface area contributed by atoms with E-state index < -0.39 is 11.9 Å². The fourth-order valence-corrected chi connectivity index (χ4v) is 3.42. The maximum Gasteiger partial charge on any atom is 0.338 e. The molecule has 3 rings (SSSR count). The van der Waals surface area contributed by atoms with E-state index in [2.05, 4.69) is 19.9 Å². The highest BCUT2D eigenvalue weighted by Crippen LogP contribution is 2.35. The van der Waals surface area contributed by atoms with E-state index in [0.29, 0.717) is 11.5 Å². The second-order valence-electron chi connectivity index (χ2n) is 7.68. The first kappa shape index (κ1) is 22.9. The number of hydrogen-bond donors (Lipinski definition) is 0. The van der Waals surface area contributed by atoms with Crippen LogP contribution in [0.25, 0.3) is 0 Å². The molecule has 3 aromatic rings. The third-order valence-electron chi connectivity index (χ3n) is 5.38. The third kappa shape index (κ3) is 4.75. The Morgan fingerprint density at radius 1 is 0.656 bits per heavy atom. The largest absolute Gasteiger partial charge is 0.497 e. The van der Waals surface area contributed by atoms with Crippen LogP contribution in [-0.2, 0) is 14.9 Å². The van der Waals surface area contributed by atoms with Crippen LogP contribution in [0.4, 0.5) is 0 Å². The summed E-state index contributed by atoms with van der Waals surface area (Å²) in [6, 6.07) is 20.2. The van der Waals surface area contributed by atoms with Crippen LogP contribution in [0.1, 0.15) is 45.7 Å². The maximum absolute atomic E-state index is 12.2. The first-order chi connectivity index (χ1) is 15.3. The van der Waals surface area contributed by atoms with Crippen molar-refractivity contribution in [1.29, 1.82) is 0 Å². The van der Waals surface area contributed by atoms with Gasteiger partial charge in [0.05, 0.1) is 32.5 Å². The Bertz CT molecular complexity index is 1130. The minimum absolute atomic E-state index is 0.0738. The summed E-state index contributed by atoms with van der Waals surface area (Å²) in [6.07, 6.45) is 0. The topological polar surface area (TPSA) is 71.1 Å². The smallest absolute Gasteiger partial charge is 0.338 e. The molecule has 0 unspecified atom stereocenters. The molecule has 0 fully saturated rings. The molecule has 0 radical (unpaired) electrons. The molecular weight excluding hydrogens is 408 g/mol. The highest BCUT2D eigenvalue weighted by molar-refractivity contribution is 6.03. The Labute approximate surface area is 187 Å². The number of rotatable bonds is 7. The van der Waals surface area contributed by atoms with Gasteiger partial charge in [0.1, 0.15) is 17.2 Å². The van der Waals surface area contributed by atoms with E-state index in [1.807, 2.05) is 42.5 Å². The molecule has 166 valence electrons. The van der Waals surface area contributed by atoms with Crippen molar-refractivity contribution < 1.29 is 28.5 Å². The van der Waals surface area contributed by atoms with Gasteiger partial charge < -0.3 is 18.9 Å². The molecule has 0 saturated heterocycles. The van der Waals surface area contributed by atoms with Crippen molar-refractivity contribution in [3.05, 3.63) is 89.0 Å². The number of ether oxygens (including phenoxy) is 4. The van der Waals surface area contributed by atoms with Crippen molar-refractivity contribution in [2.24, 2.45) is 0 Å². The number of benzene rings is 3. The normalized spacial score (nSPS) is 10.9. The summed E-state index contributed by atoms with van der Waals surface area (Å²) in [5, 5.41) is 0. The summed E-state index contributed by atoms with van der Waals surface area (Å²) < 4.78 is 20.9. The predicted octanol–water partition coefficient (Wildman–Crippen LogP) is 5.39. The standard InChI is InChI=1S/C26H26O6/c1-26(2,17-8-6-10-19(14-17)29-3)18-9-7-11-20(15-18)32-21-12-13-22(24(27)30-4)23(16-21)25(28)31-5/h6-16H,1-5H3. The number of esters is 2. The molecule has 0 aliphatic carbocycles. The highest BCUT2D eigenvalue weighted by Gasteiger charge is 2.24. The van der Waals surface area contributed by atoms with Gasteiger partial charge >= 0.3 is 11.9 Å². The predicted molar refractivity (Wildman–Crippen MR) is 121 cm³/mol. The lowest BCUT2D eigenvalue weighted by Gasteiger charge is -2.27. The number of carbonyl (C=O) groups is 2. The Morgan fingerprint density at radius 3 is 1.78 bits per heavy atom. The SMILES string of the molecule is COC(=O)c1ccc(Oc2cccc(C(C)(C)c3cccc(OC)c3)c2)cc1C(=O)OC. The lowest BCUT2D eigenvalue weighted by Crippen LogP contribution is -2.18. The van der Waals surface area contributed by atoms with Gasteiger partial charge in [0.15, 0.2) is 0 Å². The fourth-order valence-electron chi connectivity index (χ4n) is 3.42. The molecule has 0 atom stereocenters. The van der Waals surface area contributed by atoms with Gasteiger partial charge in [-0.25, -0.2) is 9.59 Å². The quantitative estimate of drug-likeness (QED) is 0.465. The van der Waals surface area contributed by atoms with E-state index in [1.165, 1.54) is 26.4 Å². The first-order valence-corrected chi connectivity index (χ1v) is 10.0. The first-order valence-electron chi connectivity index (χ1n) is 10.0. The van der Waals surface area contributed by atoms with Crippen LogP contribution in [0.3, 0.4) is 0 Å². The van der Waals surface area contributed by atoms with Crippen LogP contribution in [0.2, 0.25) is 0 Å². The number of methoxy groups -OCH3 is 3. The summed E-state index contributed by atoms with van der Waals surface area (Å²) in [4.78, 5) is 24.1. The minimum atomic E-state index is -0.649. The van der Waals surface area contributed by atoms with Gasteiger partial charge in [-0.05, 0) is 53.6 Å². The summed E-state index contributed by atoms with van der Waals surface area (Å²) in [5.74, 6) is 0.515. The van der Waals surface area contributed by atoms with E-state index in [9.17, 15) is 9.59 Å². The second-order valence-corrected chi connectivity index (χ2v) is 7.68. The zero-order valence-corrected chi connectivity index (χ0v) is 18.8. The van der Waals surface area contributed by atoms with E-state index in [1.54, 1.807) is 13.2 Å². The third-order valence-corrected chi connectivity index (χ3v) is 5.38. The van der Waals surface area contributed by atoms with Gasteiger partial charge in [-0.1, -0.05) is 38.1 Å². The lowest BCUT2D eigenvalue weighted by atomic mass is 9.78. The fraction of sp³-hybridized carbons (Fsp3) is 0.231. The van der Waals surface area contributed by atoms with Crippen LogP contribution >= 0.6 is 0 Å². The Kier molecular flexibility index (Phi) is 6.83. The summed E-state index contributed by atoms with van der Waals surface area (Å²) in [6.45, 7) is 4.25. The molecule has 0 aliphatic rings. The Balaban J connectivity index is 1.93. The van der Waals surface area contributed by atoms with Crippen LogP contribution in [-0.4, -0.2) is 33.3 Å². The highest BCUT2D eigenvalue weighted by atomic mass is 16.5. The minimum Gasteiger partial charge on any atom is -0.497 e. The molecule has 0 N–H and O–H groups in total. The molecule has 0 aromatic heterocycles. The van der Waals surface area contributed by atoms with Crippen molar-refractivity contribution >= 4 is 11.9 Å². The molecule has 0 bridgehead atoms.